The van der Waals surface area contributed by atoms with Crippen molar-refractivity contribution in [2.45, 2.75) is 46.1 Å². The molecule has 0 aliphatic carbocycles. The molecule has 3 heterocycles. The summed E-state index contributed by atoms with van der Waals surface area (Å²) in [5.41, 5.74) is 5.14. The second kappa shape index (κ2) is 9.49. The Bertz CT molecular complexity index is 1360. The number of nitrogens with zero attached hydrogens (tertiary/aromatic N) is 6. The lowest BCUT2D eigenvalue weighted by atomic mass is 9.92. The molecule has 9 heteroatoms. The zero-order valence-electron chi connectivity index (χ0n) is 20.9. The Balaban J connectivity index is 1.60. The SMILES string of the molecule is CCCCC1=C(c2ccc(-c3ccccc3-c3nn[nH]n3)cc2)C(=O)N(C)C2=NC(=O)C(C(C)C)N21. The summed E-state index contributed by atoms with van der Waals surface area (Å²) in [5, 5.41) is 14.4. The Kier molecular flexibility index (Phi) is 6.22. The van der Waals surface area contributed by atoms with Gasteiger partial charge < -0.3 is 4.90 Å². The van der Waals surface area contributed by atoms with Crippen LogP contribution in [0.4, 0.5) is 0 Å². The van der Waals surface area contributed by atoms with Gasteiger partial charge in [0, 0.05) is 18.3 Å². The predicted molar refractivity (Wildman–Crippen MR) is 137 cm³/mol. The van der Waals surface area contributed by atoms with Crippen molar-refractivity contribution in [3.05, 3.63) is 59.8 Å². The molecule has 1 unspecified atom stereocenters. The quantitative estimate of drug-likeness (QED) is 0.541. The molecule has 2 amide bonds. The van der Waals surface area contributed by atoms with Gasteiger partial charge in [0.05, 0.1) is 5.57 Å². The lowest BCUT2D eigenvalue weighted by Gasteiger charge is -2.39. The highest BCUT2D eigenvalue weighted by molar-refractivity contribution is 6.29. The van der Waals surface area contributed by atoms with Crippen molar-refractivity contribution >= 4 is 23.3 Å². The third kappa shape index (κ3) is 3.90. The maximum atomic E-state index is 13.6. The van der Waals surface area contributed by atoms with E-state index in [2.05, 4.69) is 32.5 Å². The number of tetrazole rings is 1. The molecular weight excluding hydrogens is 454 g/mol. The number of carbonyl (C=O) groups is 2. The van der Waals surface area contributed by atoms with Crippen molar-refractivity contribution in [1.82, 2.24) is 30.4 Å². The molecule has 1 aromatic heterocycles. The number of aromatic amines is 1. The van der Waals surface area contributed by atoms with Crippen LogP contribution in [-0.2, 0) is 9.59 Å². The fourth-order valence-electron chi connectivity index (χ4n) is 4.97. The number of guanidine groups is 1. The molecular formula is C27H29N7O2. The first-order valence-corrected chi connectivity index (χ1v) is 12.3. The lowest BCUT2D eigenvalue weighted by Crippen LogP contribution is -2.52. The van der Waals surface area contributed by atoms with E-state index in [1.165, 1.54) is 4.90 Å². The molecule has 184 valence electrons. The number of amides is 2. The number of likely N-dealkylation sites (N-methyl/N-ethyl adjacent to an activating group) is 1. The van der Waals surface area contributed by atoms with Gasteiger partial charge in [-0.15, -0.1) is 10.2 Å². The predicted octanol–water partition coefficient (Wildman–Crippen LogP) is 4.13. The van der Waals surface area contributed by atoms with Crippen LogP contribution in [0.15, 0.2) is 59.2 Å². The molecule has 2 aromatic carbocycles. The Labute approximate surface area is 209 Å². The average Bonchev–Trinajstić information content (AvgIpc) is 3.54. The van der Waals surface area contributed by atoms with E-state index in [1.807, 2.05) is 67.3 Å². The number of hydrogen-bond donors (Lipinski definition) is 1. The highest BCUT2D eigenvalue weighted by atomic mass is 16.2. The van der Waals surface area contributed by atoms with Gasteiger partial charge in [0.2, 0.25) is 11.8 Å². The number of hydrogen-bond acceptors (Lipinski definition) is 6. The molecule has 36 heavy (non-hydrogen) atoms. The summed E-state index contributed by atoms with van der Waals surface area (Å²) in [6, 6.07) is 15.4. The molecule has 2 aliphatic heterocycles. The second-order valence-corrected chi connectivity index (χ2v) is 9.46. The Morgan fingerprint density at radius 2 is 1.69 bits per heavy atom. The number of aromatic nitrogens is 4. The van der Waals surface area contributed by atoms with Crippen molar-refractivity contribution in [2.75, 3.05) is 7.05 Å². The van der Waals surface area contributed by atoms with Gasteiger partial charge in [-0.2, -0.15) is 10.2 Å². The van der Waals surface area contributed by atoms with E-state index in [0.717, 1.165) is 40.8 Å². The van der Waals surface area contributed by atoms with E-state index in [0.29, 0.717) is 23.8 Å². The molecule has 5 rings (SSSR count). The van der Waals surface area contributed by atoms with Gasteiger partial charge in [-0.3, -0.25) is 14.5 Å². The van der Waals surface area contributed by atoms with Crippen molar-refractivity contribution in [3.63, 3.8) is 0 Å². The van der Waals surface area contributed by atoms with Gasteiger partial charge in [0.1, 0.15) is 6.04 Å². The van der Waals surface area contributed by atoms with Crippen molar-refractivity contribution in [1.29, 1.82) is 0 Å². The van der Waals surface area contributed by atoms with Crippen LogP contribution in [0.25, 0.3) is 28.1 Å². The van der Waals surface area contributed by atoms with Gasteiger partial charge in [-0.25, -0.2) is 0 Å². The van der Waals surface area contributed by atoms with Crippen LogP contribution in [0.2, 0.25) is 0 Å². The summed E-state index contributed by atoms with van der Waals surface area (Å²) in [6.07, 6.45) is 2.59. The molecule has 1 atom stereocenters. The first kappa shape index (κ1) is 23.6. The third-order valence-corrected chi connectivity index (χ3v) is 6.75. The van der Waals surface area contributed by atoms with Gasteiger partial charge in [-0.05, 0) is 40.7 Å². The highest BCUT2D eigenvalue weighted by Gasteiger charge is 2.46. The van der Waals surface area contributed by atoms with Crippen LogP contribution >= 0.6 is 0 Å². The minimum absolute atomic E-state index is 0.0576. The van der Waals surface area contributed by atoms with Gasteiger partial charge in [0.25, 0.3) is 11.8 Å². The molecule has 0 bridgehead atoms. The lowest BCUT2D eigenvalue weighted by molar-refractivity contribution is -0.123. The van der Waals surface area contributed by atoms with Crippen molar-refractivity contribution in [2.24, 2.45) is 10.9 Å². The molecule has 1 N–H and O–H groups in total. The zero-order valence-corrected chi connectivity index (χ0v) is 20.9. The standard InChI is InChI=1S/C27H29N7O2/c1-5-6-11-21-22(26(36)33(4)27-28-25(35)23(16(2)3)34(21)27)18-14-12-17(13-15-18)19-9-7-8-10-20(19)24-29-31-32-30-24/h7-10,12-16,23H,5-6,11H2,1-4H3,(H,29,30,31,32). The number of nitrogens with one attached hydrogen (secondary N) is 1. The molecule has 3 aromatic rings. The maximum absolute atomic E-state index is 13.6. The smallest absolute Gasteiger partial charge is 0.272 e. The van der Waals surface area contributed by atoms with Crippen LogP contribution in [0, 0.1) is 5.92 Å². The van der Waals surface area contributed by atoms with E-state index in [4.69, 9.17) is 0 Å². The molecule has 0 saturated heterocycles. The summed E-state index contributed by atoms with van der Waals surface area (Å²) < 4.78 is 0. The molecule has 0 spiro atoms. The van der Waals surface area contributed by atoms with Crippen LogP contribution in [0.1, 0.15) is 45.6 Å². The Hall–Kier alpha value is -4.14. The molecule has 9 nitrogen and oxygen atoms in total. The number of aliphatic imine (C=N–C) groups is 1. The fraction of sp³-hybridized carbons (Fsp3) is 0.333. The fourth-order valence-corrected chi connectivity index (χ4v) is 4.97. The van der Waals surface area contributed by atoms with E-state index < -0.39 is 6.04 Å². The van der Waals surface area contributed by atoms with E-state index in [9.17, 15) is 9.59 Å². The second-order valence-electron chi connectivity index (χ2n) is 9.46. The highest BCUT2D eigenvalue weighted by Crippen LogP contribution is 2.38. The normalized spacial score (nSPS) is 17.8. The minimum Gasteiger partial charge on any atom is -0.302 e. The van der Waals surface area contributed by atoms with Gasteiger partial charge in [0.15, 0.2) is 0 Å². The number of carbonyl (C=O) groups excluding carboxylic acids is 2. The zero-order chi connectivity index (χ0) is 25.4. The number of allylic oxidation sites excluding steroid dienone is 1. The number of benzene rings is 2. The molecule has 0 radical (unpaired) electrons. The van der Waals surface area contributed by atoms with Gasteiger partial charge >= 0.3 is 0 Å². The van der Waals surface area contributed by atoms with Gasteiger partial charge in [-0.1, -0.05) is 75.7 Å². The Morgan fingerprint density at radius 1 is 1.00 bits per heavy atom. The number of H-pyrrole nitrogens is 1. The van der Waals surface area contributed by atoms with Crippen LogP contribution < -0.4 is 0 Å². The molecule has 0 saturated carbocycles. The largest absolute Gasteiger partial charge is 0.302 e. The van der Waals surface area contributed by atoms with Crippen LogP contribution in [0.3, 0.4) is 0 Å². The summed E-state index contributed by atoms with van der Waals surface area (Å²) in [4.78, 5) is 34.2. The van der Waals surface area contributed by atoms with Crippen molar-refractivity contribution in [3.8, 4) is 22.5 Å². The first-order chi connectivity index (χ1) is 17.4. The number of unbranched alkanes of at least 4 members (excludes halogenated alkanes) is 1. The average molecular weight is 484 g/mol. The van der Waals surface area contributed by atoms with E-state index in [1.54, 1.807) is 7.05 Å². The summed E-state index contributed by atoms with van der Waals surface area (Å²) >= 11 is 0. The topological polar surface area (TPSA) is 107 Å². The Morgan fingerprint density at radius 3 is 2.33 bits per heavy atom. The summed E-state index contributed by atoms with van der Waals surface area (Å²) in [5.74, 6) is 0.677. The number of rotatable bonds is 7. The molecule has 2 aliphatic rings. The van der Waals surface area contributed by atoms with Crippen LogP contribution in [-0.4, -0.2) is 61.3 Å². The van der Waals surface area contributed by atoms with E-state index >= 15 is 0 Å². The third-order valence-electron chi connectivity index (χ3n) is 6.75. The van der Waals surface area contributed by atoms with Crippen LogP contribution in [0.5, 0.6) is 0 Å². The summed E-state index contributed by atoms with van der Waals surface area (Å²) in [7, 11) is 1.69. The summed E-state index contributed by atoms with van der Waals surface area (Å²) in [6.45, 7) is 6.16. The monoisotopic (exact) mass is 483 g/mol. The first-order valence-electron chi connectivity index (χ1n) is 12.3. The van der Waals surface area contributed by atoms with E-state index in [-0.39, 0.29) is 17.7 Å². The minimum atomic E-state index is -0.404. The maximum Gasteiger partial charge on any atom is 0.272 e. The number of fused-ring (bicyclic) bond motifs is 1. The molecule has 0 fully saturated rings. The van der Waals surface area contributed by atoms with Crippen molar-refractivity contribution < 1.29 is 9.59 Å².